The van der Waals surface area contributed by atoms with E-state index in [1.165, 1.54) is 11.0 Å². The molecule has 0 unspecified atom stereocenters. The van der Waals surface area contributed by atoms with Crippen LogP contribution >= 0.6 is 0 Å². The van der Waals surface area contributed by atoms with Crippen LogP contribution in [0.2, 0.25) is 0 Å². The van der Waals surface area contributed by atoms with Gasteiger partial charge in [-0.05, 0) is 49.2 Å². The van der Waals surface area contributed by atoms with Crippen molar-refractivity contribution in [1.29, 1.82) is 0 Å². The summed E-state index contributed by atoms with van der Waals surface area (Å²) in [6.07, 6.45) is 0. The first-order valence-corrected chi connectivity index (χ1v) is 8.62. The van der Waals surface area contributed by atoms with Crippen LogP contribution in [0, 0.1) is 19.7 Å². The van der Waals surface area contributed by atoms with E-state index in [-0.39, 0.29) is 5.82 Å². The molecule has 0 aromatic heterocycles. The number of carbonyl (C=O) groups excluding carboxylic acids is 2. The first-order valence-electron chi connectivity index (χ1n) is 8.62. The Morgan fingerprint density at radius 1 is 0.962 bits per heavy atom. The van der Waals surface area contributed by atoms with Gasteiger partial charge in [0, 0.05) is 31.9 Å². The van der Waals surface area contributed by atoms with Gasteiger partial charge in [0.1, 0.15) is 5.82 Å². The lowest BCUT2D eigenvalue weighted by Gasteiger charge is -2.35. The lowest BCUT2D eigenvalue weighted by molar-refractivity contribution is -0.143. The molecule has 5 nitrogen and oxygen atoms in total. The molecule has 0 saturated carbocycles. The van der Waals surface area contributed by atoms with Crippen molar-refractivity contribution in [3.63, 3.8) is 0 Å². The predicted molar refractivity (Wildman–Crippen MR) is 99.7 cm³/mol. The molecule has 0 atom stereocenters. The van der Waals surface area contributed by atoms with E-state index >= 15 is 0 Å². The minimum absolute atomic E-state index is 0.278. The zero-order valence-electron chi connectivity index (χ0n) is 15.0. The molecular formula is C20H22FN3O2. The van der Waals surface area contributed by atoms with Crippen molar-refractivity contribution in [3.05, 3.63) is 59.4 Å². The van der Waals surface area contributed by atoms with Gasteiger partial charge in [-0.1, -0.05) is 18.2 Å². The SMILES string of the molecule is Cc1ccc(NC(=O)C(=O)N2CCN(c3ccccc3F)CC2)cc1C. The molecule has 0 bridgehead atoms. The average Bonchev–Trinajstić information content (AvgIpc) is 2.65. The summed E-state index contributed by atoms with van der Waals surface area (Å²) in [6.45, 7) is 5.68. The average molecular weight is 355 g/mol. The standard InChI is InChI=1S/C20H22FN3O2/c1-14-7-8-16(13-15(14)2)22-19(25)20(26)24-11-9-23(10-12-24)18-6-4-3-5-17(18)21/h3-8,13H,9-12H2,1-2H3,(H,22,25). The summed E-state index contributed by atoms with van der Waals surface area (Å²) in [5, 5.41) is 2.66. The molecule has 26 heavy (non-hydrogen) atoms. The van der Waals surface area contributed by atoms with Crippen molar-refractivity contribution in [2.24, 2.45) is 0 Å². The second-order valence-electron chi connectivity index (χ2n) is 6.48. The van der Waals surface area contributed by atoms with E-state index in [0.717, 1.165) is 11.1 Å². The molecule has 6 heteroatoms. The summed E-state index contributed by atoms with van der Waals surface area (Å²) in [5.74, 6) is -1.48. The number of hydrogen-bond donors (Lipinski definition) is 1. The molecule has 1 saturated heterocycles. The van der Waals surface area contributed by atoms with Gasteiger partial charge in [-0.25, -0.2) is 4.39 Å². The molecule has 2 aromatic carbocycles. The number of rotatable bonds is 2. The van der Waals surface area contributed by atoms with Crippen LogP contribution in [0.4, 0.5) is 15.8 Å². The molecule has 1 N–H and O–H groups in total. The number of nitrogens with zero attached hydrogens (tertiary/aromatic N) is 2. The highest BCUT2D eigenvalue weighted by Crippen LogP contribution is 2.20. The Balaban J connectivity index is 1.58. The van der Waals surface area contributed by atoms with Crippen molar-refractivity contribution in [3.8, 4) is 0 Å². The third-order valence-electron chi connectivity index (χ3n) is 4.72. The maximum atomic E-state index is 13.9. The van der Waals surface area contributed by atoms with Gasteiger partial charge in [0.05, 0.1) is 5.69 Å². The minimum atomic E-state index is -0.646. The molecule has 1 aliphatic heterocycles. The summed E-state index contributed by atoms with van der Waals surface area (Å²) in [6, 6.07) is 12.1. The zero-order chi connectivity index (χ0) is 18.7. The van der Waals surface area contributed by atoms with Crippen LogP contribution in [0.3, 0.4) is 0 Å². The van der Waals surface area contributed by atoms with Crippen LogP contribution in [0.15, 0.2) is 42.5 Å². The monoisotopic (exact) mass is 355 g/mol. The number of benzene rings is 2. The first kappa shape index (κ1) is 17.9. The Labute approximate surface area is 152 Å². The fourth-order valence-corrected chi connectivity index (χ4v) is 3.01. The Morgan fingerprint density at radius 2 is 1.65 bits per heavy atom. The van der Waals surface area contributed by atoms with Crippen molar-refractivity contribution >= 4 is 23.2 Å². The summed E-state index contributed by atoms with van der Waals surface area (Å²) in [7, 11) is 0. The van der Waals surface area contributed by atoms with Crippen LogP contribution in [0.1, 0.15) is 11.1 Å². The van der Waals surface area contributed by atoms with E-state index in [9.17, 15) is 14.0 Å². The number of piperazine rings is 1. The van der Waals surface area contributed by atoms with E-state index in [1.807, 2.05) is 30.9 Å². The van der Waals surface area contributed by atoms with Gasteiger partial charge in [-0.3, -0.25) is 9.59 Å². The number of halogens is 1. The van der Waals surface area contributed by atoms with E-state index < -0.39 is 11.8 Å². The van der Waals surface area contributed by atoms with Crippen LogP contribution in [-0.4, -0.2) is 42.9 Å². The number of hydrogen-bond acceptors (Lipinski definition) is 3. The normalized spacial score (nSPS) is 14.3. The number of aryl methyl sites for hydroxylation is 2. The Bertz CT molecular complexity index is 830. The van der Waals surface area contributed by atoms with Gasteiger partial charge < -0.3 is 15.1 Å². The summed E-state index contributed by atoms with van der Waals surface area (Å²) in [4.78, 5) is 28.0. The molecule has 0 aliphatic carbocycles. The van der Waals surface area contributed by atoms with Gasteiger partial charge in [0.15, 0.2) is 0 Å². The molecule has 136 valence electrons. The number of carbonyl (C=O) groups is 2. The maximum Gasteiger partial charge on any atom is 0.313 e. The lowest BCUT2D eigenvalue weighted by Crippen LogP contribution is -2.51. The Hall–Kier alpha value is -2.89. The molecule has 3 rings (SSSR count). The molecule has 0 spiro atoms. The van der Waals surface area contributed by atoms with E-state index in [4.69, 9.17) is 0 Å². The van der Waals surface area contributed by atoms with Crippen molar-refractivity contribution < 1.29 is 14.0 Å². The van der Waals surface area contributed by atoms with Gasteiger partial charge >= 0.3 is 11.8 Å². The quantitative estimate of drug-likeness (QED) is 0.843. The van der Waals surface area contributed by atoms with Crippen molar-refractivity contribution in [2.45, 2.75) is 13.8 Å². The summed E-state index contributed by atoms with van der Waals surface area (Å²) >= 11 is 0. The van der Waals surface area contributed by atoms with Crippen LogP contribution in [0.5, 0.6) is 0 Å². The highest BCUT2D eigenvalue weighted by atomic mass is 19.1. The van der Waals surface area contributed by atoms with Gasteiger partial charge in [0.2, 0.25) is 0 Å². The van der Waals surface area contributed by atoms with Crippen molar-refractivity contribution in [2.75, 3.05) is 36.4 Å². The van der Waals surface area contributed by atoms with Crippen molar-refractivity contribution in [1.82, 2.24) is 4.90 Å². The van der Waals surface area contributed by atoms with E-state index in [2.05, 4.69) is 5.32 Å². The number of amides is 2. The summed E-state index contributed by atoms with van der Waals surface area (Å²) in [5.41, 5.74) is 3.31. The van der Waals surface area contributed by atoms with Gasteiger partial charge in [-0.15, -0.1) is 0 Å². The second-order valence-corrected chi connectivity index (χ2v) is 6.48. The van der Waals surface area contributed by atoms with Crippen LogP contribution < -0.4 is 10.2 Å². The fraction of sp³-hybridized carbons (Fsp3) is 0.300. The summed E-state index contributed by atoms with van der Waals surface area (Å²) < 4.78 is 13.9. The highest BCUT2D eigenvalue weighted by Gasteiger charge is 2.27. The zero-order valence-corrected chi connectivity index (χ0v) is 15.0. The van der Waals surface area contributed by atoms with Crippen LogP contribution in [-0.2, 0) is 9.59 Å². The Morgan fingerprint density at radius 3 is 2.31 bits per heavy atom. The number of anilines is 2. The third-order valence-corrected chi connectivity index (χ3v) is 4.72. The molecule has 2 aromatic rings. The topological polar surface area (TPSA) is 52.7 Å². The fourth-order valence-electron chi connectivity index (χ4n) is 3.01. The largest absolute Gasteiger partial charge is 0.366 e. The third kappa shape index (κ3) is 3.85. The van der Waals surface area contributed by atoms with E-state index in [0.29, 0.717) is 37.6 Å². The molecule has 2 amide bonds. The molecule has 1 heterocycles. The molecule has 0 radical (unpaired) electrons. The predicted octanol–water partition coefficient (Wildman–Crippen LogP) is 2.73. The lowest BCUT2D eigenvalue weighted by atomic mass is 10.1. The second kappa shape index (κ2) is 7.56. The molecular weight excluding hydrogens is 333 g/mol. The van der Waals surface area contributed by atoms with Crippen LogP contribution in [0.25, 0.3) is 0 Å². The van der Waals surface area contributed by atoms with Gasteiger partial charge in [-0.2, -0.15) is 0 Å². The first-order chi connectivity index (χ1) is 12.5. The maximum absolute atomic E-state index is 13.9. The highest BCUT2D eigenvalue weighted by molar-refractivity contribution is 6.39. The molecule has 1 fully saturated rings. The smallest absolute Gasteiger partial charge is 0.313 e. The van der Waals surface area contributed by atoms with E-state index in [1.54, 1.807) is 24.3 Å². The molecule has 1 aliphatic rings. The number of para-hydroxylation sites is 1. The Kier molecular flexibility index (Phi) is 5.21. The van der Waals surface area contributed by atoms with Gasteiger partial charge in [0.25, 0.3) is 0 Å². The minimum Gasteiger partial charge on any atom is -0.366 e. The number of nitrogens with one attached hydrogen (secondary N) is 1.